The Morgan fingerprint density at radius 2 is 1.76 bits per heavy atom. The first kappa shape index (κ1) is 19.0. The molecule has 2 aromatic carbocycles. The van der Waals surface area contributed by atoms with Gasteiger partial charge < -0.3 is 10.1 Å². The largest absolute Gasteiger partial charge is 0.495 e. The lowest BCUT2D eigenvalue weighted by atomic mass is 10.1. The number of ether oxygens (including phenoxy) is 1. The van der Waals surface area contributed by atoms with E-state index in [1.807, 2.05) is 13.0 Å². The number of carbonyl (C=O) groups is 1. The molecule has 0 bridgehead atoms. The summed E-state index contributed by atoms with van der Waals surface area (Å²) in [5.41, 5.74) is 3.09. The smallest absolute Gasteiger partial charge is 0.255 e. The molecule has 0 atom stereocenters. The maximum absolute atomic E-state index is 12.6. The monoisotopic (exact) mass is 362 g/mol. The SMILES string of the molecule is CNS(=O)(=O)c1cc(C(=O)Nc2cc(C)ccc2OC)cc(C)c1C. The van der Waals surface area contributed by atoms with E-state index in [1.54, 1.807) is 32.0 Å². The molecule has 0 saturated heterocycles. The lowest BCUT2D eigenvalue weighted by Crippen LogP contribution is -2.21. The Morgan fingerprint density at radius 1 is 1.08 bits per heavy atom. The number of nitrogens with one attached hydrogen (secondary N) is 2. The summed E-state index contributed by atoms with van der Waals surface area (Å²) in [6.07, 6.45) is 0. The van der Waals surface area contributed by atoms with Crippen LogP contribution in [0.15, 0.2) is 35.2 Å². The average molecular weight is 362 g/mol. The van der Waals surface area contributed by atoms with Gasteiger partial charge in [-0.2, -0.15) is 0 Å². The van der Waals surface area contributed by atoms with Crippen LogP contribution in [0.1, 0.15) is 27.0 Å². The zero-order valence-corrected chi connectivity index (χ0v) is 15.7. The van der Waals surface area contributed by atoms with Crippen molar-refractivity contribution in [2.24, 2.45) is 0 Å². The minimum Gasteiger partial charge on any atom is -0.495 e. The molecule has 0 heterocycles. The van der Waals surface area contributed by atoms with Crippen molar-refractivity contribution in [2.75, 3.05) is 19.5 Å². The minimum absolute atomic E-state index is 0.0938. The molecular formula is C18H22N2O4S. The summed E-state index contributed by atoms with van der Waals surface area (Å²) in [7, 11) is -0.791. The summed E-state index contributed by atoms with van der Waals surface area (Å²) in [5, 5.41) is 2.78. The first-order chi connectivity index (χ1) is 11.7. The second-order valence-corrected chi connectivity index (χ2v) is 7.64. The van der Waals surface area contributed by atoms with Crippen molar-refractivity contribution in [3.63, 3.8) is 0 Å². The molecule has 134 valence electrons. The van der Waals surface area contributed by atoms with E-state index in [1.165, 1.54) is 20.2 Å². The standard InChI is InChI=1S/C18H22N2O4S/c1-11-6-7-16(24-5)15(8-11)20-18(21)14-9-12(2)13(3)17(10-14)25(22,23)19-4/h6-10,19H,1-5H3,(H,20,21). The van der Waals surface area contributed by atoms with Crippen molar-refractivity contribution in [2.45, 2.75) is 25.7 Å². The van der Waals surface area contributed by atoms with E-state index >= 15 is 0 Å². The lowest BCUT2D eigenvalue weighted by molar-refractivity contribution is 0.102. The molecule has 0 unspecified atom stereocenters. The Kier molecular flexibility index (Phi) is 5.49. The average Bonchev–Trinajstić information content (AvgIpc) is 2.57. The molecular weight excluding hydrogens is 340 g/mol. The molecule has 0 saturated carbocycles. The van der Waals surface area contributed by atoms with Crippen LogP contribution in [-0.2, 0) is 10.0 Å². The number of rotatable bonds is 5. The van der Waals surface area contributed by atoms with Crippen molar-refractivity contribution in [1.29, 1.82) is 0 Å². The highest BCUT2D eigenvalue weighted by atomic mass is 32.2. The summed E-state index contributed by atoms with van der Waals surface area (Å²) in [5.74, 6) is 0.130. The minimum atomic E-state index is -3.65. The van der Waals surface area contributed by atoms with Crippen LogP contribution in [0.4, 0.5) is 5.69 Å². The van der Waals surface area contributed by atoms with Gasteiger partial charge in [0, 0.05) is 5.56 Å². The Hall–Kier alpha value is -2.38. The fraction of sp³-hybridized carbons (Fsp3) is 0.278. The van der Waals surface area contributed by atoms with Crippen molar-refractivity contribution in [1.82, 2.24) is 4.72 Å². The number of benzene rings is 2. The van der Waals surface area contributed by atoms with Crippen LogP contribution in [-0.4, -0.2) is 28.5 Å². The van der Waals surface area contributed by atoms with Crippen molar-refractivity contribution >= 4 is 21.6 Å². The number of hydrogen-bond acceptors (Lipinski definition) is 4. The number of aryl methyl sites for hydroxylation is 2. The van der Waals surface area contributed by atoms with Gasteiger partial charge in [0.15, 0.2) is 0 Å². The van der Waals surface area contributed by atoms with Crippen LogP contribution in [0, 0.1) is 20.8 Å². The fourth-order valence-corrected chi connectivity index (χ4v) is 3.53. The number of carbonyl (C=O) groups excluding carboxylic acids is 1. The Balaban J connectivity index is 2.46. The van der Waals surface area contributed by atoms with E-state index in [9.17, 15) is 13.2 Å². The van der Waals surface area contributed by atoms with E-state index < -0.39 is 15.9 Å². The third-order valence-electron chi connectivity index (χ3n) is 4.04. The molecule has 0 fully saturated rings. The van der Waals surface area contributed by atoms with E-state index in [2.05, 4.69) is 10.0 Å². The Bertz CT molecular complexity index is 921. The summed E-state index contributed by atoms with van der Waals surface area (Å²) < 4.78 is 31.9. The molecule has 0 aliphatic heterocycles. The third-order valence-corrected chi connectivity index (χ3v) is 5.58. The first-order valence-corrected chi connectivity index (χ1v) is 9.18. The second-order valence-electron chi connectivity index (χ2n) is 5.78. The van der Waals surface area contributed by atoms with Crippen molar-refractivity contribution in [3.05, 3.63) is 52.6 Å². The number of anilines is 1. The lowest BCUT2D eigenvalue weighted by Gasteiger charge is -2.14. The van der Waals surface area contributed by atoms with Gasteiger partial charge in [0.1, 0.15) is 5.75 Å². The Labute approximate surface area is 148 Å². The number of sulfonamides is 1. The van der Waals surface area contributed by atoms with Gasteiger partial charge in [-0.15, -0.1) is 0 Å². The third kappa shape index (κ3) is 4.00. The highest BCUT2D eigenvalue weighted by Gasteiger charge is 2.20. The molecule has 0 aromatic heterocycles. The van der Waals surface area contributed by atoms with E-state index in [0.29, 0.717) is 17.0 Å². The topological polar surface area (TPSA) is 84.5 Å². The Morgan fingerprint density at radius 3 is 2.36 bits per heavy atom. The van der Waals surface area contributed by atoms with Crippen LogP contribution in [0.2, 0.25) is 0 Å². The highest BCUT2D eigenvalue weighted by Crippen LogP contribution is 2.27. The zero-order valence-electron chi connectivity index (χ0n) is 14.9. The predicted molar refractivity (Wildman–Crippen MR) is 97.8 cm³/mol. The molecule has 0 aliphatic carbocycles. The molecule has 0 radical (unpaired) electrons. The molecule has 6 nitrogen and oxygen atoms in total. The molecule has 2 aromatic rings. The molecule has 2 N–H and O–H groups in total. The van der Waals surface area contributed by atoms with Gasteiger partial charge in [0.2, 0.25) is 10.0 Å². The molecule has 0 aliphatic rings. The van der Waals surface area contributed by atoms with Gasteiger partial charge in [0.25, 0.3) is 5.91 Å². The maximum atomic E-state index is 12.6. The van der Waals surface area contributed by atoms with Crippen LogP contribution < -0.4 is 14.8 Å². The van der Waals surface area contributed by atoms with Gasteiger partial charge in [-0.05, 0) is 68.8 Å². The fourth-order valence-electron chi connectivity index (χ4n) is 2.46. The molecule has 7 heteroatoms. The normalized spacial score (nSPS) is 11.2. The van der Waals surface area contributed by atoms with Crippen LogP contribution in [0.3, 0.4) is 0 Å². The van der Waals surface area contributed by atoms with E-state index in [4.69, 9.17) is 4.74 Å². The zero-order chi connectivity index (χ0) is 18.8. The summed E-state index contributed by atoms with van der Waals surface area (Å²) in [4.78, 5) is 12.7. The number of amides is 1. The molecule has 0 spiro atoms. The second kappa shape index (κ2) is 7.25. The van der Waals surface area contributed by atoms with Crippen LogP contribution >= 0.6 is 0 Å². The van der Waals surface area contributed by atoms with Gasteiger partial charge in [-0.1, -0.05) is 6.07 Å². The maximum Gasteiger partial charge on any atom is 0.255 e. The summed E-state index contributed by atoms with van der Waals surface area (Å²) in [6.45, 7) is 5.39. The summed E-state index contributed by atoms with van der Waals surface area (Å²) >= 11 is 0. The number of hydrogen-bond donors (Lipinski definition) is 2. The quantitative estimate of drug-likeness (QED) is 0.857. The van der Waals surface area contributed by atoms with E-state index in [-0.39, 0.29) is 10.5 Å². The summed E-state index contributed by atoms with van der Waals surface area (Å²) in [6, 6.07) is 8.49. The first-order valence-electron chi connectivity index (χ1n) is 7.70. The van der Waals surface area contributed by atoms with Gasteiger partial charge in [-0.25, -0.2) is 13.1 Å². The van der Waals surface area contributed by atoms with Gasteiger partial charge in [-0.3, -0.25) is 4.79 Å². The molecule has 2 rings (SSSR count). The predicted octanol–water partition coefficient (Wildman–Crippen LogP) is 2.78. The van der Waals surface area contributed by atoms with E-state index in [0.717, 1.165) is 11.1 Å². The highest BCUT2D eigenvalue weighted by molar-refractivity contribution is 7.89. The van der Waals surface area contributed by atoms with Gasteiger partial charge in [0.05, 0.1) is 17.7 Å². The molecule has 25 heavy (non-hydrogen) atoms. The molecule has 1 amide bonds. The van der Waals surface area contributed by atoms with Crippen molar-refractivity contribution < 1.29 is 17.9 Å². The van der Waals surface area contributed by atoms with Crippen LogP contribution in [0.5, 0.6) is 5.75 Å². The van der Waals surface area contributed by atoms with Gasteiger partial charge >= 0.3 is 0 Å². The van der Waals surface area contributed by atoms with Crippen molar-refractivity contribution in [3.8, 4) is 5.75 Å². The van der Waals surface area contributed by atoms with Crippen LogP contribution in [0.25, 0.3) is 0 Å². The number of methoxy groups -OCH3 is 1.